The Kier molecular flexibility index (Phi) is 4.65. The van der Waals surface area contributed by atoms with Crippen molar-refractivity contribution in [1.29, 1.82) is 0 Å². The molecule has 178 valence electrons. The van der Waals surface area contributed by atoms with Crippen LogP contribution in [0.25, 0.3) is 16.6 Å². The van der Waals surface area contributed by atoms with E-state index in [1.807, 2.05) is 6.92 Å². The molecule has 6 rings (SSSR count). The van der Waals surface area contributed by atoms with Crippen molar-refractivity contribution in [1.82, 2.24) is 24.6 Å². The Morgan fingerprint density at radius 3 is 2.85 bits per heavy atom. The molecule has 2 N–H and O–H groups in total. The highest BCUT2D eigenvalue weighted by atomic mass is 19.3. The van der Waals surface area contributed by atoms with Crippen molar-refractivity contribution in [2.45, 2.75) is 58.7 Å². The summed E-state index contributed by atoms with van der Waals surface area (Å²) in [6, 6.07) is 3.03. The average molecular weight is 470 g/mol. The summed E-state index contributed by atoms with van der Waals surface area (Å²) in [5.74, 6) is 3.26. The van der Waals surface area contributed by atoms with E-state index in [0.717, 1.165) is 49.4 Å². The zero-order valence-electron chi connectivity index (χ0n) is 18.8. The maximum atomic E-state index is 13.6. The molecule has 2 unspecified atom stereocenters. The Balaban J connectivity index is 1.21. The fraction of sp³-hybridized carbons (Fsp3) is 0.478. The number of hydrogen-bond donors (Lipinski definition) is 1. The predicted octanol–water partition coefficient (Wildman–Crippen LogP) is 4.24. The maximum absolute atomic E-state index is 13.6. The van der Waals surface area contributed by atoms with Crippen LogP contribution in [0.3, 0.4) is 0 Å². The highest BCUT2D eigenvalue weighted by Crippen LogP contribution is 2.45. The summed E-state index contributed by atoms with van der Waals surface area (Å²) in [4.78, 5) is 13.4. The van der Waals surface area contributed by atoms with Crippen molar-refractivity contribution in [3.05, 3.63) is 35.3 Å². The minimum Gasteiger partial charge on any atom is -0.446 e. The molecule has 0 saturated heterocycles. The van der Waals surface area contributed by atoms with Gasteiger partial charge in [0.05, 0.1) is 5.69 Å². The van der Waals surface area contributed by atoms with Gasteiger partial charge < -0.3 is 19.6 Å². The largest absolute Gasteiger partial charge is 0.586 e. The lowest BCUT2D eigenvalue weighted by Gasteiger charge is -2.21. The van der Waals surface area contributed by atoms with Gasteiger partial charge in [-0.2, -0.15) is 4.52 Å². The van der Waals surface area contributed by atoms with Crippen LogP contribution in [0.5, 0.6) is 11.5 Å². The smallest absolute Gasteiger partial charge is 0.446 e. The molecule has 4 heterocycles. The minimum atomic E-state index is -3.74. The molecular weight excluding hydrogens is 446 g/mol. The van der Waals surface area contributed by atoms with Crippen LogP contribution in [0.4, 0.5) is 14.7 Å². The number of alkyl halides is 2. The molecule has 4 aromatic rings. The van der Waals surface area contributed by atoms with Crippen LogP contribution in [0.2, 0.25) is 0 Å². The van der Waals surface area contributed by atoms with Gasteiger partial charge in [-0.25, -0.2) is 15.0 Å². The highest BCUT2D eigenvalue weighted by Gasteiger charge is 2.45. The van der Waals surface area contributed by atoms with E-state index in [0.29, 0.717) is 35.1 Å². The van der Waals surface area contributed by atoms with Gasteiger partial charge in [0, 0.05) is 25.2 Å². The van der Waals surface area contributed by atoms with Crippen molar-refractivity contribution in [3.8, 4) is 11.5 Å². The number of fused-ring (bicyclic) bond motifs is 6. The summed E-state index contributed by atoms with van der Waals surface area (Å²) in [7, 11) is 0. The fourth-order valence-electron chi connectivity index (χ4n) is 5.09. The number of aromatic nitrogens is 5. The first-order valence-electron chi connectivity index (χ1n) is 11.5. The molecule has 34 heavy (non-hydrogen) atoms. The summed E-state index contributed by atoms with van der Waals surface area (Å²) < 4.78 is 43.5. The van der Waals surface area contributed by atoms with Gasteiger partial charge in [0.2, 0.25) is 5.95 Å². The van der Waals surface area contributed by atoms with Gasteiger partial charge in [-0.1, -0.05) is 6.92 Å². The summed E-state index contributed by atoms with van der Waals surface area (Å²) in [5.41, 5.74) is 7.80. The second-order valence-corrected chi connectivity index (χ2v) is 9.15. The van der Waals surface area contributed by atoms with Crippen molar-refractivity contribution >= 4 is 22.5 Å². The molecule has 11 heteroatoms. The van der Waals surface area contributed by atoms with Crippen molar-refractivity contribution in [2.24, 2.45) is 11.8 Å². The van der Waals surface area contributed by atoms with E-state index in [1.54, 1.807) is 6.07 Å². The second-order valence-electron chi connectivity index (χ2n) is 9.15. The Bertz CT molecular complexity index is 1390. The molecule has 1 aromatic carbocycles. The first-order chi connectivity index (χ1) is 16.3. The fourth-order valence-corrected chi connectivity index (χ4v) is 5.09. The van der Waals surface area contributed by atoms with Crippen LogP contribution < -0.4 is 15.2 Å². The van der Waals surface area contributed by atoms with E-state index in [-0.39, 0.29) is 23.0 Å². The number of aryl methyl sites for hydroxylation is 4. The Morgan fingerprint density at radius 2 is 2.00 bits per heavy atom. The molecular formula is C23H24F2N6O3. The normalized spacial score (nSPS) is 19.9. The van der Waals surface area contributed by atoms with Gasteiger partial charge in [0.15, 0.2) is 28.9 Å². The molecule has 1 aliphatic carbocycles. The molecule has 1 aliphatic heterocycles. The molecule has 0 radical (unpaired) electrons. The number of rotatable bonds is 4. The monoisotopic (exact) mass is 470 g/mol. The van der Waals surface area contributed by atoms with Crippen LogP contribution in [0.15, 0.2) is 16.5 Å². The molecule has 0 fully saturated rings. The summed E-state index contributed by atoms with van der Waals surface area (Å²) >= 11 is 0. The number of halogens is 2. The summed E-state index contributed by atoms with van der Waals surface area (Å²) in [6.07, 6.45) is 1.86. The Hall–Kier alpha value is -3.50. The first-order valence-corrected chi connectivity index (χ1v) is 11.5. The van der Waals surface area contributed by atoms with Crippen molar-refractivity contribution in [3.63, 3.8) is 0 Å². The molecule has 9 nitrogen and oxygen atoms in total. The van der Waals surface area contributed by atoms with Gasteiger partial charge in [0.25, 0.3) is 0 Å². The zero-order valence-corrected chi connectivity index (χ0v) is 18.8. The maximum Gasteiger partial charge on any atom is 0.586 e. The molecule has 2 aliphatic rings. The molecule has 2 atom stereocenters. The predicted molar refractivity (Wildman–Crippen MR) is 118 cm³/mol. The Labute approximate surface area is 193 Å². The number of anilines is 1. The third kappa shape index (κ3) is 3.50. The number of ether oxygens (including phenoxy) is 2. The quantitative estimate of drug-likeness (QED) is 0.441. The number of hydrogen-bond acceptors (Lipinski definition) is 8. The van der Waals surface area contributed by atoms with E-state index in [1.165, 1.54) is 10.6 Å². The third-order valence-corrected chi connectivity index (χ3v) is 6.89. The zero-order chi connectivity index (χ0) is 23.6. The van der Waals surface area contributed by atoms with E-state index >= 15 is 0 Å². The lowest BCUT2D eigenvalue weighted by atomic mass is 9.84. The van der Waals surface area contributed by atoms with E-state index < -0.39 is 6.29 Å². The number of benzene rings is 1. The highest BCUT2D eigenvalue weighted by molar-refractivity contribution is 5.97. The molecule has 3 aromatic heterocycles. The van der Waals surface area contributed by atoms with Crippen LogP contribution in [0.1, 0.15) is 49.4 Å². The SMILES string of the molecule is Cc1nc2c(o1)CCC(C(C)CCc1nc3c4ccc5c(c4nc(N)n3n1)OC(F)(F)O5)CC2. The van der Waals surface area contributed by atoms with Crippen molar-refractivity contribution < 1.29 is 22.7 Å². The lowest BCUT2D eigenvalue weighted by Crippen LogP contribution is -2.26. The lowest BCUT2D eigenvalue weighted by molar-refractivity contribution is -0.286. The first kappa shape index (κ1) is 21.1. The summed E-state index contributed by atoms with van der Waals surface area (Å²) in [6.45, 7) is 4.16. The Morgan fingerprint density at radius 1 is 1.18 bits per heavy atom. The van der Waals surface area contributed by atoms with Crippen LogP contribution in [0, 0.1) is 18.8 Å². The van der Waals surface area contributed by atoms with Crippen LogP contribution in [-0.2, 0) is 19.3 Å². The van der Waals surface area contributed by atoms with Gasteiger partial charge in [-0.15, -0.1) is 13.9 Å². The van der Waals surface area contributed by atoms with E-state index in [9.17, 15) is 8.78 Å². The topological polar surface area (TPSA) is 114 Å². The molecule has 0 bridgehead atoms. The second kappa shape index (κ2) is 7.51. The number of nitrogens with two attached hydrogens (primary N) is 1. The number of nitrogens with zero attached hydrogens (tertiary/aromatic N) is 5. The average Bonchev–Trinajstić information content (AvgIpc) is 3.42. The number of nitrogen functional groups attached to an aromatic ring is 1. The molecule has 0 saturated carbocycles. The molecule has 0 amide bonds. The number of oxazole rings is 1. The van der Waals surface area contributed by atoms with Gasteiger partial charge in [-0.05, 0) is 49.7 Å². The summed E-state index contributed by atoms with van der Waals surface area (Å²) in [5, 5.41) is 5.04. The molecule has 0 spiro atoms. The van der Waals surface area contributed by atoms with Crippen LogP contribution >= 0.6 is 0 Å². The standard InChI is InChI=1S/C23H24F2N6O3/c1-11(13-4-7-15-16(8-5-13)32-12(2)27-15)3-10-18-28-21-14-6-9-17-20(34-23(24,25)33-17)19(14)29-22(26)31(21)30-18/h6,9,11,13H,3-5,7-8,10H2,1-2H3,(H2,26,29). The van der Waals surface area contributed by atoms with E-state index in [2.05, 4.69) is 36.4 Å². The minimum absolute atomic E-state index is 0.0433. The van der Waals surface area contributed by atoms with Gasteiger partial charge >= 0.3 is 6.29 Å². The van der Waals surface area contributed by atoms with E-state index in [4.69, 9.17) is 10.2 Å². The van der Waals surface area contributed by atoms with Gasteiger partial charge in [-0.3, -0.25) is 0 Å². The van der Waals surface area contributed by atoms with Gasteiger partial charge in [0.1, 0.15) is 11.3 Å². The van der Waals surface area contributed by atoms with Crippen molar-refractivity contribution in [2.75, 3.05) is 5.73 Å². The third-order valence-electron chi connectivity index (χ3n) is 6.89. The van der Waals surface area contributed by atoms with Crippen LogP contribution in [-0.4, -0.2) is 30.9 Å².